The molecule has 0 aliphatic carbocycles. The first kappa shape index (κ1) is 15.2. The minimum absolute atomic E-state index is 0.281. The lowest BCUT2D eigenvalue weighted by molar-refractivity contribution is 0.477. The maximum Gasteiger partial charge on any atom is 0.129 e. The molecule has 1 aliphatic rings. The van der Waals surface area contributed by atoms with E-state index in [9.17, 15) is 5.11 Å². The van der Waals surface area contributed by atoms with Crippen molar-refractivity contribution in [3.63, 3.8) is 0 Å². The van der Waals surface area contributed by atoms with Crippen molar-refractivity contribution in [3.8, 4) is 27.4 Å². The maximum absolute atomic E-state index is 10.3. The van der Waals surface area contributed by atoms with Gasteiger partial charge in [0.1, 0.15) is 11.6 Å². The zero-order chi connectivity index (χ0) is 16.5. The monoisotopic (exact) mass is 336 g/mol. The third-order valence-corrected chi connectivity index (χ3v) is 5.39. The van der Waals surface area contributed by atoms with E-state index in [2.05, 4.69) is 34.5 Å². The van der Waals surface area contributed by atoms with Crippen molar-refractivity contribution in [1.82, 2.24) is 4.98 Å². The topological polar surface area (TPSA) is 36.4 Å². The Morgan fingerprint density at radius 3 is 2.67 bits per heavy atom. The van der Waals surface area contributed by atoms with Crippen LogP contribution in [0.4, 0.5) is 5.82 Å². The summed E-state index contributed by atoms with van der Waals surface area (Å²) in [4.78, 5) is 8.44. The number of phenolic OH excluding ortho intramolecular Hbond substituents is 1. The van der Waals surface area contributed by atoms with Crippen LogP contribution >= 0.6 is 11.3 Å². The third kappa shape index (κ3) is 2.89. The van der Waals surface area contributed by atoms with Crippen LogP contribution in [0, 0.1) is 6.92 Å². The van der Waals surface area contributed by atoms with Gasteiger partial charge in [-0.15, -0.1) is 11.3 Å². The number of pyridine rings is 1. The number of aromatic nitrogens is 1. The molecule has 2 aromatic heterocycles. The summed E-state index contributed by atoms with van der Waals surface area (Å²) in [6, 6.07) is 14.1. The number of hydrogen-bond acceptors (Lipinski definition) is 4. The van der Waals surface area contributed by atoms with E-state index in [-0.39, 0.29) is 5.75 Å². The average molecular weight is 336 g/mol. The van der Waals surface area contributed by atoms with E-state index in [0.717, 1.165) is 41.3 Å². The first-order valence-electron chi connectivity index (χ1n) is 8.31. The van der Waals surface area contributed by atoms with Gasteiger partial charge in [-0.1, -0.05) is 17.7 Å². The van der Waals surface area contributed by atoms with Gasteiger partial charge in [-0.2, -0.15) is 0 Å². The highest BCUT2D eigenvalue weighted by molar-refractivity contribution is 7.13. The van der Waals surface area contributed by atoms with Crippen LogP contribution < -0.4 is 4.90 Å². The lowest BCUT2D eigenvalue weighted by Gasteiger charge is -2.19. The summed E-state index contributed by atoms with van der Waals surface area (Å²) in [6.45, 7) is 4.15. The second kappa shape index (κ2) is 6.29. The molecule has 1 aromatic carbocycles. The fourth-order valence-electron chi connectivity index (χ4n) is 3.20. The lowest BCUT2D eigenvalue weighted by Crippen LogP contribution is -2.19. The van der Waals surface area contributed by atoms with E-state index in [1.54, 1.807) is 17.4 Å². The summed E-state index contributed by atoms with van der Waals surface area (Å²) >= 11 is 1.73. The van der Waals surface area contributed by atoms with Gasteiger partial charge in [-0.25, -0.2) is 4.98 Å². The van der Waals surface area contributed by atoms with Gasteiger partial charge in [0.25, 0.3) is 0 Å². The maximum atomic E-state index is 10.3. The molecule has 1 fully saturated rings. The molecule has 0 atom stereocenters. The summed E-state index contributed by atoms with van der Waals surface area (Å²) in [7, 11) is 0. The van der Waals surface area contributed by atoms with Gasteiger partial charge < -0.3 is 10.0 Å². The van der Waals surface area contributed by atoms with Crippen LogP contribution in [0.25, 0.3) is 21.7 Å². The van der Waals surface area contributed by atoms with Gasteiger partial charge in [0.15, 0.2) is 0 Å². The second-order valence-electron chi connectivity index (χ2n) is 6.29. The van der Waals surface area contributed by atoms with Gasteiger partial charge in [0, 0.05) is 23.5 Å². The number of aromatic hydroxyl groups is 1. The van der Waals surface area contributed by atoms with Crippen LogP contribution in [0.5, 0.6) is 5.75 Å². The Kier molecular flexibility index (Phi) is 3.98. The Bertz CT molecular complexity index is 852. The molecule has 0 saturated carbocycles. The predicted octanol–water partition coefficient (Wildman–Crippen LogP) is 5.09. The first-order chi connectivity index (χ1) is 11.7. The number of hydrogen-bond donors (Lipinski definition) is 1. The molecule has 1 aliphatic heterocycles. The smallest absolute Gasteiger partial charge is 0.129 e. The van der Waals surface area contributed by atoms with Gasteiger partial charge >= 0.3 is 0 Å². The molecule has 0 radical (unpaired) electrons. The molecule has 3 nitrogen and oxygen atoms in total. The number of rotatable bonds is 3. The molecular formula is C20H20N2OS. The fraction of sp³-hybridized carbons (Fsp3) is 0.250. The van der Waals surface area contributed by atoms with Gasteiger partial charge in [-0.05, 0) is 61.0 Å². The highest BCUT2D eigenvalue weighted by atomic mass is 32.1. The number of benzene rings is 1. The Hall–Kier alpha value is -2.33. The van der Waals surface area contributed by atoms with Crippen LogP contribution in [-0.2, 0) is 0 Å². The highest BCUT2D eigenvalue weighted by Crippen LogP contribution is 2.35. The molecule has 0 spiro atoms. The Balaban J connectivity index is 1.87. The van der Waals surface area contributed by atoms with E-state index in [1.165, 1.54) is 17.7 Å². The van der Waals surface area contributed by atoms with Crippen molar-refractivity contribution in [1.29, 1.82) is 0 Å². The molecule has 122 valence electrons. The highest BCUT2D eigenvalue weighted by Gasteiger charge is 2.17. The van der Waals surface area contributed by atoms with Gasteiger partial charge in [0.2, 0.25) is 0 Å². The van der Waals surface area contributed by atoms with Crippen molar-refractivity contribution in [2.24, 2.45) is 0 Å². The molecule has 3 heterocycles. The normalized spacial score (nSPS) is 14.3. The SMILES string of the molecule is Cc1ccc(O)c(-c2cc(-c3cccs3)cc(N3CCCC3)n2)c1. The molecular weight excluding hydrogens is 316 g/mol. The van der Waals surface area contributed by atoms with Crippen molar-refractivity contribution in [2.45, 2.75) is 19.8 Å². The van der Waals surface area contributed by atoms with Crippen LogP contribution in [0.3, 0.4) is 0 Å². The quantitative estimate of drug-likeness (QED) is 0.723. The molecule has 0 bridgehead atoms. The van der Waals surface area contributed by atoms with Crippen LogP contribution in [-0.4, -0.2) is 23.2 Å². The Labute approximate surface area is 146 Å². The lowest BCUT2D eigenvalue weighted by atomic mass is 10.0. The molecule has 1 N–H and O–H groups in total. The van der Waals surface area contributed by atoms with E-state index in [4.69, 9.17) is 4.98 Å². The Morgan fingerprint density at radius 1 is 1.08 bits per heavy atom. The molecule has 0 unspecified atom stereocenters. The largest absolute Gasteiger partial charge is 0.507 e. The summed E-state index contributed by atoms with van der Waals surface area (Å²) in [6.07, 6.45) is 2.44. The molecule has 4 heteroatoms. The molecule has 3 aromatic rings. The van der Waals surface area contributed by atoms with Gasteiger partial charge in [0.05, 0.1) is 5.69 Å². The van der Waals surface area contributed by atoms with E-state index < -0.39 is 0 Å². The predicted molar refractivity (Wildman–Crippen MR) is 101 cm³/mol. The van der Waals surface area contributed by atoms with Crippen molar-refractivity contribution < 1.29 is 5.11 Å². The van der Waals surface area contributed by atoms with E-state index >= 15 is 0 Å². The summed E-state index contributed by atoms with van der Waals surface area (Å²) in [5.74, 6) is 1.29. The number of aryl methyl sites for hydroxylation is 1. The third-order valence-electron chi connectivity index (χ3n) is 4.48. The molecule has 0 amide bonds. The Morgan fingerprint density at radius 2 is 1.92 bits per heavy atom. The molecule has 4 rings (SSSR count). The number of anilines is 1. The second-order valence-corrected chi connectivity index (χ2v) is 7.24. The number of thiophene rings is 1. The average Bonchev–Trinajstić information content (AvgIpc) is 3.30. The number of nitrogens with zero attached hydrogens (tertiary/aromatic N) is 2. The van der Waals surface area contributed by atoms with Crippen molar-refractivity contribution >= 4 is 17.2 Å². The summed E-state index contributed by atoms with van der Waals surface area (Å²) < 4.78 is 0. The van der Waals surface area contributed by atoms with Crippen LogP contribution in [0.1, 0.15) is 18.4 Å². The van der Waals surface area contributed by atoms with Crippen molar-refractivity contribution in [3.05, 3.63) is 53.4 Å². The van der Waals surface area contributed by atoms with Gasteiger partial charge in [-0.3, -0.25) is 0 Å². The summed E-state index contributed by atoms with van der Waals surface area (Å²) in [5, 5.41) is 12.4. The fourth-order valence-corrected chi connectivity index (χ4v) is 3.92. The van der Waals surface area contributed by atoms with Crippen molar-refractivity contribution in [2.75, 3.05) is 18.0 Å². The first-order valence-corrected chi connectivity index (χ1v) is 9.19. The minimum Gasteiger partial charge on any atom is -0.507 e. The summed E-state index contributed by atoms with van der Waals surface area (Å²) in [5.41, 5.74) is 3.92. The number of phenols is 1. The van der Waals surface area contributed by atoms with Crippen LogP contribution in [0.2, 0.25) is 0 Å². The van der Waals surface area contributed by atoms with Crippen LogP contribution in [0.15, 0.2) is 47.8 Å². The zero-order valence-electron chi connectivity index (χ0n) is 13.7. The molecule has 1 saturated heterocycles. The van der Waals surface area contributed by atoms with E-state index in [1.807, 2.05) is 19.1 Å². The molecule has 24 heavy (non-hydrogen) atoms. The minimum atomic E-state index is 0.281. The zero-order valence-corrected chi connectivity index (χ0v) is 14.5. The van der Waals surface area contributed by atoms with E-state index in [0.29, 0.717) is 0 Å². The standard InChI is InChI=1S/C20H20N2OS/c1-14-6-7-18(23)16(11-14)17-12-15(19-5-4-10-24-19)13-20(21-17)22-8-2-3-9-22/h4-7,10-13,23H,2-3,8-9H2,1H3.